The highest BCUT2D eigenvalue weighted by molar-refractivity contribution is 6.52. The van der Waals surface area contributed by atoms with E-state index < -0.39 is 4.33 Å². The Bertz CT molecular complexity index is 251. The lowest BCUT2D eigenvalue weighted by molar-refractivity contribution is 0.413. The fraction of sp³-hybridized carbons (Fsp3) is 0.875. The summed E-state index contributed by atoms with van der Waals surface area (Å²) in [5.41, 5.74) is -0.259. The average Bonchev–Trinajstić information content (AvgIpc) is 2.24. The Labute approximate surface area is 82.1 Å². The van der Waals surface area contributed by atoms with Crippen LogP contribution in [-0.4, -0.2) is 15.7 Å². The number of hydrogen-bond acceptors (Lipinski definition) is 1. The summed E-state index contributed by atoms with van der Waals surface area (Å²) in [5, 5.41) is 10.6. The maximum atomic E-state index is 7.55. The summed E-state index contributed by atoms with van der Waals surface area (Å²) < 4.78 is -0.671. The summed E-state index contributed by atoms with van der Waals surface area (Å²) in [5.74, 6) is 1.27. The van der Waals surface area contributed by atoms with E-state index in [1.54, 1.807) is 0 Å². The van der Waals surface area contributed by atoms with E-state index in [-0.39, 0.29) is 5.54 Å². The third-order valence-electron chi connectivity index (χ3n) is 3.13. The summed E-state index contributed by atoms with van der Waals surface area (Å²) in [4.78, 5) is 0. The van der Waals surface area contributed by atoms with E-state index in [2.05, 4.69) is 12.2 Å². The number of amidine groups is 1. The molecular formula is C8H12Cl2N2. The number of halogens is 2. The standard InChI is InChI=1S/C8H12Cl2N2/c1-4-3-5(11)12-7(2)6(4)8(7,9)10/h4,6H,3H2,1-2H3,(H2,11,12). The molecule has 3 unspecified atom stereocenters. The van der Waals surface area contributed by atoms with Gasteiger partial charge in [0.05, 0.1) is 11.4 Å². The minimum atomic E-state index is -0.671. The molecule has 3 atom stereocenters. The van der Waals surface area contributed by atoms with Gasteiger partial charge in [0.2, 0.25) is 0 Å². The van der Waals surface area contributed by atoms with Crippen molar-refractivity contribution in [2.45, 2.75) is 30.1 Å². The quantitative estimate of drug-likeness (QED) is 0.586. The van der Waals surface area contributed by atoms with Crippen molar-refractivity contribution in [1.29, 1.82) is 5.41 Å². The Morgan fingerprint density at radius 1 is 1.58 bits per heavy atom. The molecule has 0 radical (unpaired) electrons. The lowest BCUT2D eigenvalue weighted by atomic mass is 9.94. The largest absolute Gasteiger partial charge is 0.365 e. The van der Waals surface area contributed by atoms with Gasteiger partial charge in [-0.2, -0.15) is 0 Å². The minimum absolute atomic E-state index is 0.259. The molecule has 2 nitrogen and oxygen atoms in total. The molecule has 2 N–H and O–H groups in total. The van der Waals surface area contributed by atoms with Crippen molar-refractivity contribution in [3.63, 3.8) is 0 Å². The predicted octanol–water partition coefficient (Wildman–Crippen LogP) is 2.16. The van der Waals surface area contributed by atoms with Crippen LogP contribution in [0.15, 0.2) is 0 Å². The van der Waals surface area contributed by atoms with Crippen molar-refractivity contribution in [3.05, 3.63) is 0 Å². The zero-order valence-corrected chi connectivity index (χ0v) is 8.63. The van der Waals surface area contributed by atoms with Crippen LogP contribution in [0.3, 0.4) is 0 Å². The highest BCUT2D eigenvalue weighted by Crippen LogP contribution is 2.67. The maximum Gasteiger partial charge on any atom is 0.146 e. The first-order valence-corrected chi connectivity index (χ1v) is 4.88. The lowest BCUT2D eigenvalue weighted by Gasteiger charge is -2.24. The second kappa shape index (κ2) is 2.10. The van der Waals surface area contributed by atoms with Gasteiger partial charge in [0, 0.05) is 12.3 Å². The molecule has 2 rings (SSSR count). The third-order valence-corrected chi connectivity index (χ3v) is 4.38. The molecule has 1 heterocycles. The van der Waals surface area contributed by atoms with Crippen molar-refractivity contribution in [2.24, 2.45) is 11.8 Å². The fourth-order valence-corrected chi connectivity index (χ4v) is 3.54. The first-order valence-electron chi connectivity index (χ1n) is 4.13. The van der Waals surface area contributed by atoms with Crippen LogP contribution in [-0.2, 0) is 0 Å². The summed E-state index contributed by atoms with van der Waals surface area (Å²) in [6.45, 7) is 4.09. The first-order chi connectivity index (χ1) is 5.39. The van der Waals surface area contributed by atoms with Crippen LogP contribution in [0.4, 0.5) is 0 Å². The van der Waals surface area contributed by atoms with Crippen molar-refractivity contribution in [3.8, 4) is 0 Å². The van der Waals surface area contributed by atoms with Crippen LogP contribution >= 0.6 is 23.2 Å². The summed E-state index contributed by atoms with van der Waals surface area (Å²) in [6, 6.07) is 0. The van der Waals surface area contributed by atoms with Crippen LogP contribution in [0.5, 0.6) is 0 Å². The van der Waals surface area contributed by atoms with Gasteiger partial charge in [0.1, 0.15) is 4.33 Å². The van der Waals surface area contributed by atoms with Gasteiger partial charge >= 0.3 is 0 Å². The van der Waals surface area contributed by atoms with Gasteiger partial charge in [-0.15, -0.1) is 0 Å². The SMILES string of the molecule is CC1CC(=N)NC2(C)C1C2(Cl)Cl. The molecule has 0 aromatic heterocycles. The summed E-state index contributed by atoms with van der Waals surface area (Å²) >= 11 is 12.2. The van der Waals surface area contributed by atoms with Crippen molar-refractivity contribution < 1.29 is 0 Å². The van der Waals surface area contributed by atoms with Crippen molar-refractivity contribution in [1.82, 2.24) is 5.32 Å². The smallest absolute Gasteiger partial charge is 0.146 e. The highest BCUT2D eigenvalue weighted by atomic mass is 35.5. The van der Waals surface area contributed by atoms with Crippen LogP contribution in [0.25, 0.3) is 0 Å². The molecule has 0 aromatic carbocycles. The molecule has 1 aliphatic carbocycles. The molecule has 0 spiro atoms. The topological polar surface area (TPSA) is 35.9 Å². The van der Waals surface area contributed by atoms with Gasteiger partial charge in [0.15, 0.2) is 0 Å². The molecular weight excluding hydrogens is 195 g/mol. The number of nitrogens with one attached hydrogen (secondary N) is 2. The van der Waals surface area contributed by atoms with Gasteiger partial charge in [-0.25, -0.2) is 0 Å². The fourth-order valence-electron chi connectivity index (χ4n) is 2.45. The van der Waals surface area contributed by atoms with E-state index in [1.807, 2.05) is 6.92 Å². The van der Waals surface area contributed by atoms with E-state index in [4.69, 9.17) is 28.6 Å². The molecule has 12 heavy (non-hydrogen) atoms. The van der Waals surface area contributed by atoms with Gasteiger partial charge in [-0.1, -0.05) is 30.1 Å². The molecule has 2 fully saturated rings. The Morgan fingerprint density at radius 3 is 2.67 bits per heavy atom. The number of piperidine rings is 1. The zero-order valence-electron chi connectivity index (χ0n) is 7.12. The number of alkyl halides is 2. The third kappa shape index (κ3) is 0.801. The molecule has 1 saturated carbocycles. The van der Waals surface area contributed by atoms with Crippen LogP contribution in [0, 0.1) is 17.2 Å². The first kappa shape index (κ1) is 8.64. The highest BCUT2D eigenvalue weighted by Gasteiger charge is 2.76. The summed E-state index contributed by atoms with van der Waals surface area (Å²) in [6.07, 6.45) is 0.765. The van der Waals surface area contributed by atoms with Crippen molar-refractivity contribution >= 4 is 29.0 Å². The Hall–Kier alpha value is 0.0500. The number of fused-ring (bicyclic) bond motifs is 1. The molecule has 0 amide bonds. The maximum absolute atomic E-state index is 7.55. The second-order valence-electron chi connectivity index (χ2n) is 4.09. The number of hydrogen-bond donors (Lipinski definition) is 2. The molecule has 2 aliphatic rings. The van der Waals surface area contributed by atoms with Crippen molar-refractivity contribution in [2.75, 3.05) is 0 Å². The molecule has 68 valence electrons. The van der Waals surface area contributed by atoms with E-state index in [0.717, 1.165) is 6.42 Å². The van der Waals surface area contributed by atoms with Crippen LogP contribution in [0.2, 0.25) is 0 Å². The zero-order chi connectivity index (χ0) is 9.15. The lowest BCUT2D eigenvalue weighted by Crippen LogP contribution is -2.43. The molecule has 1 aliphatic heterocycles. The summed E-state index contributed by atoms with van der Waals surface area (Å²) in [7, 11) is 0. The Morgan fingerprint density at radius 2 is 2.17 bits per heavy atom. The van der Waals surface area contributed by atoms with E-state index >= 15 is 0 Å². The monoisotopic (exact) mass is 206 g/mol. The predicted molar refractivity (Wildman–Crippen MR) is 51.0 cm³/mol. The van der Waals surface area contributed by atoms with Gasteiger partial charge in [-0.3, -0.25) is 5.41 Å². The number of rotatable bonds is 0. The van der Waals surface area contributed by atoms with E-state index in [9.17, 15) is 0 Å². The van der Waals surface area contributed by atoms with Crippen LogP contribution in [0.1, 0.15) is 20.3 Å². The van der Waals surface area contributed by atoms with Gasteiger partial charge in [-0.05, 0) is 12.8 Å². The Kier molecular flexibility index (Phi) is 1.51. The molecule has 1 saturated heterocycles. The Balaban J connectivity index is 2.29. The molecule has 0 aromatic rings. The molecule has 4 heteroatoms. The van der Waals surface area contributed by atoms with Crippen LogP contribution < -0.4 is 5.32 Å². The minimum Gasteiger partial charge on any atom is -0.365 e. The second-order valence-corrected chi connectivity index (χ2v) is 5.47. The van der Waals surface area contributed by atoms with Gasteiger partial charge < -0.3 is 5.32 Å². The molecule has 0 bridgehead atoms. The van der Waals surface area contributed by atoms with E-state index in [0.29, 0.717) is 17.7 Å². The normalized spacial score (nSPS) is 49.5. The van der Waals surface area contributed by atoms with Gasteiger partial charge in [0.25, 0.3) is 0 Å². The van der Waals surface area contributed by atoms with E-state index in [1.165, 1.54) is 0 Å². The average molecular weight is 207 g/mol.